The minimum Gasteiger partial charge on any atom is -0.394 e. The lowest BCUT2D eigenvalue weighted by molar-refractivity contribution is -0.302. The van der Waals surface area contributed by atoms with E-state index in [2.05, 4.69) is 165 Å². The van der Waals surface area contributed by atoms with E-state index >= 15 is 0 Å². The molecule has 6 N–H and O–H groups in total. The summed E-state index contributed by atoms with van der Waals surface area (Å²) in [6.45, 7) is 3.64. The number of amides is 1. The predicted molar refractivity (Wildman–Crippen MR) is 382 cm³/mol. The van der Waals surface area contributed by atoms with Gasteiger partial charge in [-0.1, -0.05) is 313 Å². The van der Waals surface area contributed by atoms with Crippen molar-refractivity contribution < 1.29 is 39.8 Å². The Kier molecular flexibility index (Phi) is 62.1. The number of hydrogen-bond acceptors (Lipinski definition) is 8. The Balaban J connectivity index is 2.22. The van der Waals surface area contributed by atoms with Gasteiger partial charge in [-0.3, -0.25) is 4.79 Å². The molecule has 9 nitrogen and oxygen atoms in total. The molecule has 0 spiro atoms. The molecule has 0 bridgehead atoms. The maximum atomic E-state index is 13.1. The number of aliphatic hydroxyl groups is 5. The van der Waals surface area contributed by atoms with Crippen LogP contribution in [0.25, 0.3) is 0 Å². The van der Waals surface area contributed by atoms with Crippen LogP contribution in [0.1, 0.15) is 284 Å². The Morgan fingerprint density at radius 1 is 0.393 bits per heavy atom. The topological polar surface area (TPSA) is 149 Å². The summed E-state index contributed by atoms with van der Waals surface area (Å²) in [4.78, 5) is 13.1. The molecule has 0 aliphatic carbocycles. The van der Waals surface area contributed by atoms with Crippen molar-refractivity contribution in [2.75, 3.05) is 13.2 Å². The molecular weight excluding hydrogens is 1100 g/mol. The van der Waals surface area contributed by atoms with Crippen molar-refractivity contribution >= 4 is 5.91 Å². The zero-order valence-corrected chi connectivity index (χ0v) is 56.6. The molecule has 0 radical (unpaired) electrons. The van der Waals surface area contributed by atoms with Gasteiger partial charge in [0.15, 0.2) is 6.29 Å². The molecule has 506 valence electrons. The highest BCUT2D eigenvalue weighted by molar-refractivity contribution is 5.76. The van der Waals surface area contributed by atoms with Gasteiger partial charge in [0, 0.05) is 6.42 Å². The van der Waals surface area contributed by atoms with E-state index in [4.69, 9.17) is 9.47 Å². The molecule has 1 rings (SSSR count). The zero-order chi connectivity index (χ0) is 64.2. The van der Waals surface area contributed by atoms with E-state index < -0.39 is 49.5 Å². The maximum Gasteiger partial charge on any atom is 0.220 e. The van der Waals surface area contributed by atoms with Crippen molar-refractivity contribution in [3.8, 4) is 0 Å². The first-order chi connectivity index (χ1) is 43.8. The number of allylic oxidation sites excluding steroid dienone is 25. The smallest absolute Gasteiger partial charge is 0.220 e. The van der Waals surface area contributed by atoms with Crippen LogP contribution in [0, 0.1) is 0 Å². The van der Waals surface area contributed by atoms with E-state index in [0.29, 0.717) is 19.3 Å². The Morgan fingerprint density at radius 2 is 0.708 bits per heavy atom. The van der Waals surface area contributed by atoms with Crippen molar-refractivity contribution in [3.63, 3.8) is 0 Å². The van der Waals surface area contributed by atoms with Gasteiger partial charge in [0.2, 0.25) is 5.91 Å². The van der Waals surface area contributed by atoms with Crippen LogP contribution in [0.4, 0.5) is 0 Å². The van der Waals surface area contributed by atoms with E-state index in [9.17, 15) is 30.3 Å². The van der Waals surface area contributed by atoms with Crippen LogP contribution in [0.5, 0.6) is 0 Å². The highest BCUT2D eigenvalue weighted by Crippen LogP contribution is 2.23. The molecule has 1 saturated heterocycles. The summed E-state index contributed by atoms with van der Waals surface area (Å²) in [5.41, 5.74) is 0. The quantitative estimate of drug-likeness (QED) is 0.0261. The highest BCUT2D eigenvalue weighted by atomic mass is 16.7. The van der Waals surface area contributed by atoms with Gasteiger partial charge in [-0.05, 0) is 122 Å². The summed E-state index contributed by atoms with van der Waals surface area (Å²) in [6.07, 6.45) is 97.8. The van der Waals surface area contributed by atoms with Crippen molar-refractivity contribution in [1.29, 1.82) is 0 Å². The fourth-order valence-corrected chi connectivity index (χ4v) is 10.5. The Bertz CT molecular complexity index is 1970. The molecule has 1 amide bonds. The van der Waals surface area contributed by atoms with Crippen molar-refractivity contribution in [2.24, 2.45) is 0 Å². The standard InChI is InChI=1S/C80H133NO8/c1-3-5-7-9-11-13-15-17-19-21-23-25-27-29-31-33-35-36-37-38-40-42-44-46-48-50-52-54-56-58-60-62-64-66-68-70-76(84)81-73(72-88-80-79(87)78(86)77(85)75(71-82)89-80)74(83)69-67-65-63-61-59-57-55-53-51-49-47-45-43-41-39-34-32-30-28-26-24-22-20-18-16-14-12-10-8-6-4-2/h5,7,11,13,17,19,23,25,29,31,35-36,38,40,44,46,50-53,56,58-59,61,67,69,73-75,77-80,82-83,85-87H,3-4,6,8-10,12,14-16,18,20-22,24,26-28,30,32-34,37,39,41-43,45,47-49,54-55,57,60,62-66,68,70-72H2,1-2H3,(H,81,84)/b7-5-,13-11-,19-17-,25-23-,31-29-,36-35-,40-38-,46-44-,52-50-,53-51+,58-56-,61-59+,69-67+. The summed E-state index contributed by atoms with van der Waals surface area (Å²) < 4.78 is 11.3. The molecule has 0 aromatic heterocycles. The summed E-state index contributed by atoms with van der Waals surface area (Å²) in [5.74, 6) is -0.220. The Morgan fingerprint density at radius 3 is 1.08 bits per heavy atom. The van der Waals surface area contributed by atoms with E-state index in [1.54, 1.807) is 6.08 Å². The predicted octanol–water partition coefficient (Wildman–Crippen LogP) is 20.3. The summed E-state index contributed by atoms with van der Waals surface area (Å²) in [6, 6.07) is -0.857. The van der Waals surface area contributed by atoms with Crippen LogP contribution < -0.4 is 5.32 Å². The molecule has 0 saturated carbocycles. The number of aliphatic hydroxyl groups excluding tert-OH is 5. The molecular formula is C80H133NO8. The van der Waals surface area contributed by atoms with Gasteiger partial charge in [-0.25, -0.2) is 0 Å². The van der Waals surface area contributed by atoms with Crippen molar-refractivity contribution in [3.05, 3.63) is 158 Å². The second-order valence-corrected chi connectivity index (χ2v) is 24.3. The number of carbonyl (C=O) groups is 1. The van der Waals surface area contributed by atoms with Gasteiger partial charge in [0.05, 0.1) is 25.4 Å². The van der Waals surface area contributed by atoms with Crippen LogP contribution in [0.2, 0.25) is 0 Å². The second-order valence-electron chi connectivity index (χ2n) is 24.3. The van der Waals surface area contributed by atoms with Gasteiger partial charge >= 0.3 is 0 Å². The van der Waals surface area contributed by atoms with Crippen LogP contribution in [0.3, 0.4) is 0 Å². The van der Waals surface area contributed by atoms with Crippen LogP contribution in [-0.2, 0) is 14.3 Å². The highest BCUT2D eigenvalue weighted by Gasteiger charge is 2.44. The third kappa shape index (κ3) is 55.2. The molecule has 1 aliphatic rings. The number of unbranched alkanes of at least 4 members (excludes halogenated alkanes) is 27. The van der Waals surface area contributed by atoms with Gasteiger partial charge in [-0.15, -0.1) is 0 Å². The number of rotatable bonds is 61. The van der Waals surface area contributed by atoms with E-state index in [1.807, 2.05) is 6.08 Å². The number of nitrogens with one attached hydrogen (secondary N) is 1. The first-order valence-corrected chi connectivity index (χ1v) is 36.2. The first kappa shape index (κ1) is 82.8. The monoisotopic (exact) mass is 1240 g/mol. The van der Waals surface area contributed by atoms with Crippen molar-refractivity contribution in [1.82, 2.24) is 5.32 Å². The molecule has 7 atom stereocenters. The molecule has 1 heterocycles. The average Bonchev–Trinajstić information content (AvgIpc) is 2.28. The Hall–Kier alpha value is -4.19. The fourth-order valence-electron chi connectivity index (χ4n) is 10.5. The molecule has 89 heavy (non-hydrogen) atoms. The Labute approximate surface area is 546 Å². The third-order valence-electron chi connectivity index (χ3n) is 16.1. The lowest BCUT2D eigenvalue weighted by Crippen LogP contribution is -2.60. The summed E-state index contributed by atoms with van der Waals surface area (Å²) in [7, 11) is 0. The summed E-state index contributed by atoms with van der Waals surface area (Å²) in [5, 5.41) is 54.7. The normalized spacial score (nSPS) is 18.8. The van der Waals surface area contributed by atoms with Gasteiger partial charge in [0.25, 0.3) is 0 Å². The van der Waals surface area contributed by atoms with E-state index in [1.165, 1.54) is 135 Å². The summed E-state index contributed by atoms with van der Waals surface area (Å²) >= 11 is 0. The first-order valence-electron chi connectivity index (χ1n) is 36.2. The van der Waals surface area contributed by atoms with Crippen molar-refractivity contribution in [2.45, 2.75) is 326 Å². The minimum atomic E-state index is -1.59. The van der Waals surface area contributed by atoms with Gasteiger partial charge < -0.3 is 40.3 Å². The lowest BCUT2D eigenvalue weighted by Gasteiger charge is -2.40. The van der Waals surface area contributed by atoms with Crippen LogP contribution in [0.15, 0.2) is 158 Å². The molecule has 0 aromatic rings. The second kappa shape index (κ2) is 66.7. The van der Waals surface area contributed by atoms with Gasteiger partial charge in [0.1, 0.15) is 24.4 Å². The number of ether oxygens (including phenoxy) is 2. The van der Waals surface area contributed by atoms with Crippen LogP contribution in [-0.4, -0.2) is 87.5 Å². The van der Waals surface area contributed by atoms with E-state index in [0.717, 1.165) is 116 Å². The third-order valence-corrected chi connectivity index (χ3v) is 16.1. The molecule has 1 fully saturated rings. The SMILES string of the molecule is CC/C=C\C/C=C\C/C=C\C/C=C\C/C=C\C/C=C\C/C=C\C/C=C\C/C=C\C/C=C\CCCCCCC(=O)NC(COC1OC(CO)C(O)C(O)C1O)C(O)/C=C/CC/C=C/CC/C=C/CCCCCCCCCCCCCCCCCCCCCCC. The average molecular weight is 1240 g/mol. The van der Waals surface area contributed by atoms with Crippen LogP contribution >= 0.6 is 0 Å². The zero-order valence-electron chi connectivity index (χ0n) is 56.6. The minimum absolute atomic E-state index is 0.220. The molecule has 7 unspecified atom stereocenters. The number of carbonyl (C=O) groups excluding carboxylic acids is 1. The number of hydrogen-bond donors (Lipinski definition) is 6. The lowest BCUT2D eigenvalue weighted by atomic mass is 9.99. The van der Waals surface area contributed by atoms with E-state index in [-0.39, 0.29) is 12.5 Å². The molecule has 1 aliphatic heterocycles. The largest absolute Gasteiger partial charge is 0.394 e. The molecule has 0 aromatic carbocycles. The van der Waals surface area contributed by atoms with Gasteiger partial charge in [-0.2, -0.15) is 0 Å². The fraction of sp³-hybridized carbons (Fsp3) is 0.662. The molecule has 9 heteroatoms. The maximum absolute atomic E-state index is 13.1.